The van der Waals surface area contributed by atoms with Gasteiger partial charge in [0.2, 0.25) is 0 Å². The summed E-state index contributed by atoms with van der Waals surface area (Å²) in [6.07, 6.45) is 0.127. The molecule has 6 nitrogen and oxygen atoms in total. The smallest absolute Gasteiger partial charge is 0.386 e. The van der Waals surface area contributed by atoms with Crippen molar-refractivity contribution in [3.05, 3.63) is 0 Å². The van der Waals surface area contributed by atoms with Crippen LogP contribution in [0.25, 0.3) is 0 Å². The van der Waals surface area contributed by atoms with Crippen molar-refractivity contribution < 1.29 is 36.0 Å². The number of likely N-dealkylation sites (N-methyl/N-ethyl adjacent to an activating group) is 1. The van der Waals surface area contributed by atoms with E-state index in [1.165, 1.54) is 0 Å². The van der Waals surface area contributed by atoms with E-state index in [-0.39, 0.29) is 30.5 Å². The number of nitrogens with one attached hydrogen (secondary N) is 1. The van der Waals surface area contributed by atoms with E-state index in [0.717, 1.165) is 0 Å². The second-order valence-electron chi connectivity index (χ2n) is 4.71. The molecule has 0 amide bonds. The summed E-state index contributed by atoms with van der Waals surface area (Å²) >= 11 is 0. The lowest BCUT2D eigenvalue weighted by molar-refractivity contribution is -0.884. The van der Waals surface area contributed by atoms with Crippen LogP contribution in [0.15, 0.2) is 0 Å². The quantitative estimate of drug-likeness (QED) is 0.423. The molecule has 0 unspecified atom stereocenters. The van der Waals surface area contributed by atoms with E-state index in [2.05, 4.69) is 0 Å². The zero-order valence-electron chi connectivity index (χ0n) is 10.7. The van der Waals surface area contributed by atoms with Crippen LogP contribution in [0.1, 0.15) is 6.42 Å². The summed E-state index contributed by atoms with van der Waals surface area (Å²) in [4.78, 5) is 10.4. The van der Waals surface area contributed by atoms with Gasteiger partial charge in [-0.1, -0.05) is 0 Å². The molecule has 0 spiro atoms. The van der Waals surface area contributed by atoms with E-state index >= 15 is 0 Å². The van der Waals surface area contributed by atoms with E-state index in [0.29, 0.717) is 0 Å². The summed E-state index contributed by atoms with van der Waals surface area (Å²) in [7, 11) is -1.90. The van der Waals surface area contributed by atoms with Crippen LogP contribution in [0.4, 0.5) is 13.2 Å². The summed E-state index contributed by atoms with van der Waals surface area (Å²) in [5, 5.41) is 5.94. The van der Waals surface area contributed by atoms with Crippen molar-refractivity contribution in [3.8, 4) is 0 Å². The van der Waals surface area contributed by atoms with Crippen molar-refractivity contribution in [1.29, 1.82) is 0 Å². The van der Waals surface area contributed by atoms with E-state index in [4.69, 9.17) is 0 Å². The van der Waals surface area contributed by atoms with E-state index in [1.54, 1.807) is 18.8 Å². The first-order chi connectivity index (χ1) is 8.43. The van der Waals surface area contributed by atoms with Gasteiger partial charge in [-0.15, -0.1) is 0 Å². The number of carboxylic acid groups (broad SMARTS) is 1. The second kappa shape index (κ2) is 6.53. The number of rotatable bonds is 9. The number of alkyl halides is 3. The van der Waals surface area contributed by atoms with Crippen LogP contribution in [0.3, 0.4) is 0 Å². The highest BCUT2D eigenvalue weighted by Crippen LogP contribution is 2.20. The molecule has 114 valence electrons. The number of carbonyl (C=O) groups excluding carboxylic acids is 1. The maximum atomic E-state index is 12.6. The van der Waals surface area contributed by atoms with Crippen molar-refractivity contribution >= 4 is 16.0 Å². The van der Waals surface area contributed by atoms with Crippen molar-refractivity contribution in [1.82, 2.24) is 4.72 Å². The molecule has 19 heavy (non-hydrogen) atoms. The van der Waals surface area contributed by atoms with Gasteiger partial charge in [0.1, 0.15) is 6.54 Å². The Morgan fingerprint density at radius 1 is 1.37 bits per heavy atom. The summed E-state index contributed by atoms with van der Waals surface area (Å²) in [6, 6.07) is 0. The van der Waals surface area contributed by atoms with Crippen molar-refractivity contribution in [2.45, 2.75) is 11.7 Å². The van der Waals surface area contributed by atoms with Gasteiger partial charge in [0.05, 0.1) is 26.6 Å². The lowest BCUT2D eigenvalue weighted by Crippen LogP contribution is -2.49. The number of quaternary nitrogens is 1. The van der Waals surface area contributed by atoms with Crippen LogP contribution in [-0.4, -0.2) is 64.5 Å². The van der Waals surface area contributed by atoms with Crippen LogP contribution in [0.5, 0.6) is 0 Å². The highest BCUT2D eigenvalue weighted by molar-refractivity contribution is 7.90. The van der Waals surface area contributed by atoms with Crippen LogP contribution in [0.2, 0.25) is 0 Å². The SMILES string of the molecule is C[N+](C)(CCCNS(=O)(=O)C(F)(F)CF)CC(=O)[O-]. The Kier molecular flexibility index (Phi) is 6.23. The largest absolute Gasteiger partial charge is 0.544 e. The maximum absolute atomic E-state index is 12.6. The zero-order valence-corrected chi connectivity index (χ0v) is 11.5. The van der Waals surface area contributed by atoms with Gasteiger partial charge < -0.3 is 14.4 Å². The highest BCUT2D eigenvalue weighted by Gasteiger charge is 2.44. The number of hydrogen-bond acceptors (Lipinski definition) is 4. The molecule has 10 heteroatoms. The number of aliphatic carboxylic acids is 1. The molecule has 0 aliphatic heterocycles. The first-order valence-electron chi connectivity index (χ1n) is 5.38. The van der Waals surface area contributed by atoms with E-state index in [9.17, 15) is 31.5 Å². The number of carboxylic acids is 1. The number of hydrogen-bond donors (Lipinski definition) is 1. The molecular weight excluding hydrogens is 289 g/mol. The van der Waals surface area contributed by atoms with Gasteiger partial charge in [-0.3, -0.25) is 0 Å². The molecule has 0 rings (SSSR count). The average molecular weight is 306 g/mol. The minimum atomic E-state index is -5.04. The molecule has 0 aromatic heterocycles. The Labute approximate surface area is 109 Å². The second-order valence-corrected chi connectivity index (χ2v) is 6.60. The molecule has 0 fully saturated rings. The van der Waals surface area contributed by atoms with Crippen molar-refractivity contribution in [2.75, 3.05) is 40.4 Å². The molecule has 0 saturated heterocycles. The molecular formula is C9H17F3N2O4S. The van der Waals surface area contributed by atoms with Crippen LogP contribution in [-0.2, 0) is 14.8 Å². The molecule has 0 heterocycles. The van der Waals surface area contributed by atoms with E-state index < -0.39 is 27.9 Å². The third-order valence-corrected chi connectivity index (χ3v) is 3.82. The predicted molar refractivity (Wildman–Crippen MR) is 59.3 cm³/mol. The van der Waals surface area contributed by atoms with Gasteiger partial charge in [0.25, 0.3) is 10.0 Å². The van der Waals surface area contributed by atoms with Crippen LogP contribution >= 0.6 is 0 Å². The van der Waals surface area contributed by atoms with Gasteiger partial charge in [-0.2, -0.15) is 8.78 Å². The molecule has 0 aliphatic carbocycles. The maximum Gasteiger partial charge on any atom is 0.386 e. The Hall–Kier alpha value is -0.870. The lowest BCUT2D eigenvalue weighted by atomic mass is 10.3. The van der Waals surface area contributed by atoms with Gasteiger partial charge in [-0.25, -0.2) is 17.5 Å². The minimum absolute atomic E-state index is 0.0174. The number of sulfonamides is 1. The molecule has 0 radical (unpaired) electrons. The first-order valence-corrected chi connectivity index (χ1v) is 6.87. The number of nitrogens with zero attached hydrogens (tertiary/aromatic N) is 1. The topological polar surface area (TPSA) is 86.3 Å². The third-order valence-electron chi connectivity index (χ3n) is 2.34. The predicted octanol–water partition coefficient (Wildman–Crippen LogP) is -1.32. The molecule has 0 aromatic rings. The van der Waals surface area contributed by atoms with Gasteiger partial charge in [0, 0.05) is 13.0 Å². The fourth-order valence-electron chi connectivity index (χ4n) is 1.32. The zero-order chi connectivity index (χ0) is 15.3. The number of halogens is 3. The Bertz CT molecular complexity index is 412. The number of carbonyl (C=O) groups is 1. The summed E-state index contributed by atoms with van der Waals surface area (Å²) in [6.45, 7) is -2.67. The average Bonchev–Trinajstić information content (AvgIpc) is 2.22. The fourth-order valence-corrected chi connectivity index (χ4v) is 2.09. The first kappa shape index (κ1) is 18.1. The Morgan fingerprint density at radius 2 is 1.89 bits per heavy atom. The molecule has 0 aliphatic rings. The summed E-state index contributed by atoms with van der Waals surface area (Å²) in [5.41, 5.74) is 0. The monoisotopic (exact) mass is 306 g/mol. The standard InChI is InChI=1S/C9H17F3N2O4S/c1-14(2,6-8(15)16)5-3-4-13-19(17,18)9(11,12)7-10/h13H,3-7H2,1-2H3. The third kappa shape index (κ3) is 6.21. The normalized spacial score (nSPS) is 13.5. The van der Waals surface area contributed by atoms with Gasteiger partial charge >= 0.3 is 5.25 Å². The van der Waals surface area contributed by atoms with Crippen molar-refractivity contribution in [3.63, 3.8) is 0 Å². The summed E-state index contributed by atoms with van der Waals surface area (Å²) in [5.74, 6) is -1.27. The molecule has 0 saturated carbocycles. The molecule has 0 atom stereocenters. The van der Waals surface area contributed by atoms with Crippen molar-refractivity contribution in [2.24, 2.45) is 0 Å². The highest BCUT2D eigenvalue weighted by atomic mass is 32.2. The minimum Gasteiger partial charge on any atom is -0.544 e. The fraction of sp³-hybridized carbons (Fsp3) is 0.889. The Morgan fingerprint density at radius 3 is 2.32 bits per heavy atom. The summed E-state index contributed by atoms with van der Waals surface area (Å²) < 4.78 is 60.7. The Balaban J connectivity index is 4.23. The lowest BCUT2D eigenvalue weighted by Gasteiger charge is -2.30. The van der Waals surface area contributed by atoms with Gasteiger partial charge in [-0.05, 0) is 0 Å². The van der Waals surface area contributed by atoms with E-state index in [1.807, 2.05) is 0 Å². The van der Waals surface area contributed by atoms with Gasteiger partial charge in [0.15, 0.2) is 6.67 Å². The molecule has 1 N–H and O–H groups in total. The molecule has 0 bridgehead atoms. The van der Waals surface area contributed by atoms with Crippen LogP contribution < -0.4 is 9.83 Å². The van der Waals surface area contributed by atoms with Crippen LogP contribution in [0, 0.1) is 0 Å². The molecule has 0 aromatic carbocycles.